The minimum absolute atomic E-state index is 0.154. The predicted octanol–water partition coefficient (Wildman–Crippen LogP) is 3.10. The lowest BCUT2D eigenvalue weighted by Gasteiger charge is -2.11. The first-order valence-corrected chi connectivity index (χ1v) is 8.64. The molecule has 0 saturated heterocycles. The quantitative estimate of drug-likeness (QED) is 0.611. The number of aromatic nitrogens is 2. The monoisotopic (exact) mass is 419 g/mol. The molecule has 136 valence electrons. The molecule has 3 rings (SSSR count). The molecule has 0 fully saturated rings. The molecule has 2 aromatic heterocycles. The summed E-state index contributed by atoms with van der Waals surface area (Å²) < 4.78 is 13.0. The molecule has 3 aromatic rings. The van der Waals surface area contributed by atoms with Crippen molar-refractivity contribution in [3.05, 3.63) is 58.0 Å². The number of halogens is 1. The first-order valence-electron chi connectivity index (χ1n) is 7.85. The standard InChI is InChI=1S/C18H18BrN3O4/c1-25-13-4-3-11(15(8-13)26-2)9-20-10-14-17(18(23)24)22-6-5-12(19)7-16(22)21-14/h3-8,20H,9-10H2,1-2H3,(H,23,24). The van der Waals surface area contributed by atoms with E-state index in [0.717, 1.165) is 10.0 Å². The summed E-state index contributed by atoms with van der Waals surface area (Å²) in [4.78, 5) is 16.1. The number of carbonyl (C=O) groups is 1. The number of imidazole rings is 1. The van der Waals surface area contributed by atoms with Crippen molar-refractivity contribution in [1.29, 1.82) is 0 Å². The molecule has 8 heteroatoms. The van der Waals surface area contributed by atoms with Gasteiger partial charge >= 0.3 is 5.97 Å². The maximum Gasteiger partial charge on any atom is 0.354 e. The topological polar surface area (TPSA) is 85.1 Å². The highest BCUT2D eigenvalue weighted by Crippen LogP contribution is 2.24. The number of nitrogens with one attached hydrogen (secondary N) is 1. The zero-order valence-electron chi connectivity index (χ0n) is 14.3. The van der Waals surface area contributed by atoms with Gasteiger partial charge in [-0.2, -0.15) is 0 Å². The third-order valence-corrected chi connectivity index (χ3v) is 4.46. The van der Waals surface area contributed by atoms with Crippen LogP contribution in [0.4, 0.5) is 0 Å². The minimum atomic E-state index is -1.02. The number of pyridine rings is 1. The van der Waals surface area contributed by atoms with Gasteiger partial charge in [0.05, 0.1) is 19.9 Å². The molecule has 7 nitrogen and oxygen atoms in total. The number of nitrogens with zero attached hydrogens (tertiary/aromatic N) is 2. The van der Waals surface area contributed by atoms with Crippen molar-refractivity contribution in [3.8, 4) is 11.5 Å². The molecule has 26 heavy (non-hydrogen) atoms. The number of fused-ring (bicyclic) bond motifs is 1. The van der Waals surface area contributed by atoms with Crippen molar-refractivity contribution < 1.29 is 19.4 Å². The van der Waals surface area contributed by atoms with Crippen LogP contribution in [0.5, 0.6) is 11.5 Å². The van der Waals surface area contributed by atoms with Gasteiger partial charge in [-0.05, 0) is 18.2 Å². The van der Waals surface area contributed by atoms with Crippen molar-refractivity contribution in [3.63, 3.8) is 0 Å². The van der Waals surface area contributed by atoms with Crippen molar-refractivity contribution in [2.24, 2.45) is 0 Å². The number of ether oxygens (including phenoxy) is 2. The summed E-state index contributed by atoms with van der Waals surface area (Å²) in [6.45, 7) is 0.819. The molecule has 2 heterocycles. The Hall–Kier alpha value is -2.58. The fraction of sp³-hybridized carbons (Fsp3) is 0.222. The summed E-state index contributed by atoms with van der Waals surface area (Å²) in [5.41, 5.74) is 2.15. The highest BCUT2D eigenvalue weighted by atomic mass is 79.9. The second-order valence-corrected chi connectivity index (χ2v) is 6.48. The van der Waals surface area contributed by atoms with E-state index in [4.69, 9.17) is 9.47 Å². The molecule has 0 aliphatic heterocycles. The number of benzene rings is 1. The Morgan fingerprint density at radius 3 is 2.73 bits per heavy atom. The number of methoxy groups -OCH3 is 2. The summed E-state index contributed by atoms with van der Waals surface area (Å²) in [6.07, 6.45) is 1.69. The smallest absolute Gasteiger partial charge is 0.354 e. The van der Waals surface area contributed by atoms with E-state index in [9.17, 15) is 9.90 Å². The first kappa shape index (κ1) is 18.2. The highest BCUT2D eigenvalue weighted by molar-refractivity contribution is 9.10. The molecule has 0 radical (unpaired) electrons. The average molecular weight is 420 g/mol. The van der Waals surface area contributed by atoms with E-state index >= 15 is 0 Å². The van der Waals surface area contributed by atoms with Gasteiger partial charge in [-0.1, -0.05) is 22.0 Å². The van der Waals surface area contributed by atoms with E-state index in [2.05, 4.69) is 26.2 Å². The largest absolute Gasteiger partial charge is 0.497 e. The normalized spacial score (nSPS) is 10.9. The van der Waals surface area contributed by atoms with E-state index in [-0.39, 0.29) is 5.69 Å². The third kappa shape index (κ3) is 3.66. The zero-order valence-corrected chi connectivity index (χ0v) is 15.9. The van der Waals surface area contributed by atoms with Crippen LogP contribution in [0.25, 0.3) is 5.65 Å². The van der Waals surface area contributed by atoms with Crippen molar-refractivity contribution in [2.75, 3.05) is 14.2 Å². The summed E-state index contributed by atoms with van der Waals surface area (Å²) in [5.74, 6) is 0.401. The van der Waals surface area contributed by atoms with Gasteiger partial charge in [-0.25, -0.2) is 9.78 Å². The molecule has 0 aliphatic rings. The average Bonchev–Trinajstić information content (AvgIpc) is 2.99. The van der Waals surface area contributed by atoms with Gasteiger partial charge in [0.2, 0.25) is 0 Å². The second kappa shape index (κ2) is 7.76. The summed E-state index contributed by atoms with van der Waals surface area (Å²) >= 11 is 3.37. The van der Waals surface area contributed by atoms with E-state index in [1.807, 2.05) is 18.2 Å². The molecule has 2 N–H and O–H groups in total. The molecule has 0 bridgehead atoms. The van der Waals surface area contributed by atoms with Crippen LogP contribution in [-0.4, -0.2) is 34.7 Å². The molecular weight excluding hydrogens is 402 g/mol. The number of hydrogen-bond donors (Lipinski definition) is 2. The van der Waals surface area contributed by atoms with Gasteiger partial charge in [0.1, 0.15) is 17.1 Å². The van der Waals surface area contributed by atoms with Crippen LogP contribution in [-0.2, 0) is 13.1 Å². The lowest BCUT2D eigenvalue weighted by Crippen LogP contribution is -2.16. The zero-order chi connectivity index (χ0) is 18.7. The second-order valence-electron chi connectivity index (χ2n) is 5.57. The van der Waals surface area contributed by atoms with Gasteiger partial charge in [0.25, 0.3) is 0 Å². The lowest BCUT2D eigenvalue weighted by atomic mass is 10.2. The Labute approximate surface area is 158 Å². The van der Waals surface area contributed by atoms with Crippen LogP contribution >= 0.6 is 15.9 Å². The van der Waals surface area contributed by atoms with Crippen LogP contribution in [0, 0.1) is 0 Å². The Bertz CT molecular complexity index is 955. The SMILES string of the molecule is COc1ccc(CNCc2nc3cc(Br)ccn3c2C(=O)O)c(OC)c1. The van der Waals surface area contributed by atoms with E-state index in [0.29, 0.717) is 35.9 Å². The number of carboxylic acid groups (broad SMARTS) is 1. The Kier molecular flexibility index (Phi) is 5.43. The molecule has 0 atom stereocenters. The van der Waals surface area contributed by atoms with Crippen LogP contribution in [0.3, 0.4) is 0 Å². The number of rotatable bonds is 7. The Morgan fingerprint density at radius 1 is 1.23 bits per heavy atom. The van der Waals surface area contributed by atoms with Crippen LogP contribution in [0.15, 0.2) is 41.0 Å². The molecule has 0 aliphatic carbocycles. The highest BCUT2D eigenvalue weighted by Gasteiger charge is 2.18. The summed E-state index contributed by atoms with van der Waals surface area (Å²) in [6, 6.07) is 9.12. The lowest BCUT2D eigenvalue weighted by molar-refractivity contribution is 0.0688. The number of hydrogen-bond acceptors (Lipinski definition) is 5. The van der Waals surface area contributed by atoms with E-state index < -0.39 is 5.97 Å². The fourth-order valence-corrected chi connectivity index (χ4v) is 3.05. The first-order chi connectivity index (χ1) is 12.5. The number of aromatic carboxylic acids is 1. The predicted molar refractivity (Wildman–Crippen MR) is 99.9 cm³/mol. The molecule has 0 amide bonds. The van der Waals surface area contributed by atoms with Gasteiger partial charge in [0.15, 0.2) is 5.69 Å². The maximum absolute atomic E-state index is 11.7. The van der Waals surface area contributed by atoms with Crippen molar-refractivity contribution in [1.82, 2.24) is 14.7 Å². The van der Waals surface area contributed by atoms with Crippen LogP contribution < -0.4 is 14.8 Å². The van der Waals surface area contributed by atoms with Gasteiger partial charge in [-0.3, -0.25) is 4.40 Å². The van der Waals surface area contributed by atoms with Crippen LogP contribution in [0.2, 0.25) is 0 Å². The summed E-state index contributed by atoms with van der Waals surface area (Å²) in [5, 5.41) is 12.8. The number of carboxylic acids is 1. The third-order valence-electron chi connectivity index (χ3n) is 3.97. The summed E-state index contributed by atoms with van der Waals surface area (Å²) in [7, 11) is 3.20. The van der Waals surface area contributed by atoms with Crippen molar-refractivity contribution in [2.45, 2.75) is 13.1 Å². The fourth-order valence-electron chi connectivity index (χ4n) is 2.73. The van der Waals surface area contributed by atoms with Gasteiger partial charge in [0, 0.05) is 35.4 Å². The molecule has 0 saturated carbocycles. The Morgan fingerprint density at radius 2 is 2.04 bits per heavy atom. The van der Waals surface area contributed by atoms with Crippen molar-refractivity contribution >= 4 is 27.5 Å². The van der Waals surface area contributed by atoms with Crippen LogP contribution in [0.1, 0.15) is 21.7 Å². The molecule has 1 aromatic carbocycles. The molecular formula is C18H18BrN3O4. The van der Waals surface area contributed by atoms with E-state index in [1.54, 1.807) is 36.9 Å². The maximum atomic E-state index is 11.7. The Balaban J connectivity index is 1.80. The molecule has 0 spiro atoms. The van der Waals surface area contributed by atoms with E-state index in [1.165, 1.54) is 0 Å². The minimum Gasteiger partial charge on any atom is -0.497 e. The van der Waals surface area contributed by atoms with Gasteiger partial charge in [-0.15, -0.1) is 0 Å². The van der Waals surface area contributed by atoms with Gasteiger partial charge < -0.3 is 19.9 Å². The molecule has 0 unspecified atom stereocenters.